The smallest absolute Gasteiger partial charge is 0.270 e. The molecule has 2 N–H and O–H groups in total. The number of nitro groups is 1. The zero-order valence-electron chi connectivity index (χ0n) is 14.6. The van der Waals surface area contributed by atoms with Gasteiger partial charge in [-0.25, -0.2) is 16.8 Å². The quantitative estimate of drug-likeness (QED) is 0.429. The van der Waals surface area contributed by atoms with E-state index in [1.807, 2.05) is 0 Å². The number of benzene rings is 2. The molecule has 1 heterocycles. The van der Waals surface area contributed by atoms with E-state index in [1.165, 1.54) is 60.9 Å². The molecule has 0 saturated heterocycles. The molecule has 10 nitrogen and oxygen atoms in total. The van der Waals surface area contributed by atoms with Gasteiger partial charge in [0.05, 0.1) is 26.6 Å². The number of pyridine rings is 1. The summed E-state index contributed by atoms with van der Waals surface area (Å²) < 4.78 is 54.2. The van der Waals surface area contributed by atoms with E-state index < -0.39 is 25.0 Å². The van der Waals surface area contributed by atoms with E-state index in [0.717, 1.165) is 6.07 Å². The highest BCUT2D eigenvalue weighted by Gasteiger charge is 2.19. The van der Waals surface area contributed by atoms with Gasteiger partial charge in [0.2, 0.25) is 0 Å². The fraction of sp³-hybridized carbons (Fsp3) is 0. The van der Waals surface area contributed by atoms with E-state index in [0.29, 0.717) is 0 Å². The predicted molar refractivity (Wildman–Crippen MR) is 105 cm³/mol. The van der Waals surface area contributed by atoms with Crippen LogP contribution in [0.3, 0.4) is 0 Å². The molecule has 29 heavy (non-hydrogen) atoms. The van der Waals surface area contributed by atoms with Crippen molar-refractivity contribution in [1.82, 2.24) is 4.98 Å². The molecular formula is C17H14N4O6S2. The van der Waals surface area contributed by atoms with Crippen LogP contribution in [-0.2, 0) is 20.0 Å². The van der Waals surface area contributed by atoms with Crippen LogP contribution in [0.2, 0.25) is 0 Å². The minimum atomic E-state index is -4.09. The highest BCUT2D eigenvalue weighted by Crippen LogP contribution is 2.22. The van der Waals surface area contributed by atoms with E-state index in [2.05, 4.69) is 14.4 Å². The second kappa shape index (κ2) is 7.85. The van der Waals surface area contributed by atoms with Gasteiger partial charge in [0.1, 0.15) is 0 Å². The summed E-state index contributed by atoms with van der Waals surface area (Å²) >= 11 is 0. The van der Waals surface area contributed by atoms with Gasteiger partial charge < -0.3 is 0 Å². The molecule has 0 aliphatic heterocycles. The molecule has 0 amide bonds. The number of non-ortho nitro benzene ring substituents is 1. The largest absolute Gasteiger partial charge is 0.280 e. The van der Waals surface area contributed by atoms with Crippen LogP contribution >= 0.6 is 0 Å². The Morgan fingerprint density at radius 3 is 2.07 bits per heavy atom. The highest BCUT2D eigenvalue weighted by molar-refractivity contribution is 7.93. The van der Waals surface area contributed by atoms with Crippen molar-refractivity contribution < 1.29 is 21.8 Å². The van der Waals surface area contributed by atoms with E-state index in [9.17, 15) is 26.9 Å². The first-order valence-corrected chi connectivity index (χ1v) is 10.9. The monoisotopic (exact) mass is 434 g/mol. The molecule has 0 aliphatic carbocycles. The first kappa shape index (κ1) is 20.2. The number of nitro benzene ring substituents is 1. The lowest BCUT2D eigenvalue weighted by Crippen LogP contribution is -2.14. The fourth-order valence-electron chi connectivity index (χ4n) is 2.32. The third kappa shape index (κ3) is 4.86. The number of hydrogen-bond donors (Lipinski definition) is 2. The molecule has 0 unspecified atom stereocenters. The summed E-state index contributed by atoms with van der Waals surface area (Å²) in [6.45, 7) is 0. The SMILES string of the molecule is O=[N+]([O-])c1cccc(S(=O)(=O)Nc2ccc(S(=O)(=O)Nc3cccnc3)cc2)c1. The minimum Gasteiger partial charge on any atom is -0.280 e. The van der Waals surface area contributed by atoms with Gasteiger partial charge in [-0.1, -0.05) is 6.07 Å². The van der Waals surface area contributed by atoms with Gasteiger partial charge in [-0.2, -0.15) is 0 Å². The number of anilines is 2. The van der Waals surface area contributed by atoms with E-state index >= 15 is 0 Å². The maximum atomic E-state index is 12.4. The van der Waals surface area contributed by atoms with Crippen LogP contribution in [0.25, 0.3) is 0 Å². The van der Waals surface area contributed by atoms with Gasteiger partial charge in [0, 0.05) is 24.0 Å². The third-order valence-corrected chi connectivity index (χ3v) is 6.45. The topological polar surface area (TPSA) is 148 Å². The lowest BCUT2D eigenvalue weighted by Gasteiger charge is -2.10. The molecule has 1 aromatic heterocycles. The van der Waals surface area contributed by atoms with Crippen LogP contribution in [0.15, 0.2) is 82.8 Å². The van der Waals surface area contributed by atoms with Crippen LogP contribution < -0.4 is 9.44 Å². The molecule has 0 radical (unpaired) electrons. The number of rotatable bonds is 7. The molecule has 3 rings (SSSR count). The van der Waals surface area contributed by atoms with Crippen molar-refractivity contribution in [3.8, 4) is 0 Å². The first-order valence-electron chi connectivity index (χ1n) is 7.98. The van der Waals surface area contributed by atoms with Crippen molar-refractivity contribution in [3.05, 3.63) is 83.2 Å². The molecular weight excluding hydrogens is 420 g/mol. The minimum absolute atomic E-state index is 0.0837. The highest BCUT2D eigenvalue weighted by atomic mass is 32.2. The van der Waals surface area contributed by atoms with Crippen LogP contribution in [0.1, 0.15) is 0 Å². The van der Waals surface area contributed by atoms with Crippen molar-refractivity contribution in [2.24, 2.45) is 0 Å². The summed E-state index contributed by atoms with van der Waals surface area (Å²) in [5.41, 5.74) is 0.00979. The molecule has 0 fully saturated rings. The molecule has 0 spiro atoms. The van der Waals surface area contributed by atoms with Crippen molar-refractivity contribution >= 4 is 37.1 Å². The van der Waals surface area contributed by atoms with Gasteiger partial charge in [-0.05, 0) is 42.5 Å². The summed E-state index contributed by atoms with van der Waals surface area (Å²) in [5.74, 6) is 0. The zero-order chi connectivity index (χ0) is 21.1. The lowest BCUT2D eigenvalue weighted by molar-refractivity contribution is -0.385. The summed E-state index contributed by atoms with van der Waals surface area (Å²) in [6.07, 6.45) is 2.85. The van der Waals surface area contributed by atoms with E-state index in [-0.39, 0.29) is 26.9 Å². The van der Waals surface area contributed by atoms with E-state index in [4.69, 9.17) is 0 Å². The molecule has 0 saturated carbocycles. The van der Waals surface area contributed by atoms with Crippen molar-refractivity contribution in [1.29, 1.82) is 0 Å². The molecule has 2 aromatic carbocycles. The molecule has 150 valence electrons. The number of nitrogens with one attached hydrogen (secondary N) is 2. The molecule has 3 aromatic rings. The van der Waals surface area contributed by atoms with Crippen molar-refractivity contribution in [2.45, 2.75) is 9.79 Å². The number of aromatic nitrogens is 1. The number of hydrogen-bond acceptors (Lipinski definition) is 7. The Labute approximate surface area is 166 Å². The predicted octanol–water partition coefficient (Wildman–Crippen LogP) is 2.59. The average Bonchev–Trinajstić information content (AvgIpc) is 2.68. The van der Waals surface area contributed by atoms with Gasteiger partial charge in [-0.15, -0.1) is 0 Å². The van der Waals surface area contributed by atoms with Gasteiger partial charge in [0.15, 0.2) is 0 Å². The van der Waals surface area contributed by atoms with Crippen LogP contribution in [0.4, 0.5) is 17.1 Å². The van der Waals surface area contributed by atoms with Gasteiger partial charge in [0.25, 0.3) is 25.7 Å². The Kier molecular flexibility index (Phi) is 5.48. The molecule has 12 heteroatoms. The zero-order valence-corrected chi connectivity index (χ0v) is 16.2. The standard InChI is InChI=1S/C17H14N4O6S2/c22-21(23)15-4-1-5-17(11-15)29(26,27)19-13-6-8-16(9-7-13)28(24,25)20-14-3-2-10-18-12-14/h1-12,19-20H. The van der Waals surface area contributed by atoms with Crippen molar-refractivity contribution in [2.75, 3.05) is 9.44 Å². The molecule has 0 aliphatic rings. The Balaban J connectivity index is 1.80. The van der Waals surface area contributed by atoms with Gasteiger partial charge in [-0.3, -0.25) is 24.5 Å². The second-order valence-electron chi connectivity index (χ2n) is 5.73. The number of nitrogens with zero attached hydrogens (tertiary/aromatic N) is 2. The Hall–Kier alpha value is -3.51. The Bertz CT molecular complexity index is 1240. The fourth-order valence-corrected chi connectivity index (χ4v) is 4.46. The summed E-state index contributed by atoms with van der Waals surface area (Å²) in [6, 6.07) is 12.7. The molecule has 0 atom stereocenters. The first-order chi connectivity index (χ1) is 13.7. The van der Waals surface area contributed by atoms with Crippen LogP contribution in [-0.4, -0.2) is 26.7 Å². The van der Waals surface area contributed by atoms with Crippen molar-refractivity contribution in [3.63, 3.8) is 0 Å². The summed E-state index contributed by atoms with van der Waals surface area (Å²) in [5, 5.41) is 10.8. The normalized spacial score (nSPS) is 11.6. The maximum absolute atomic E-state index is 12.4. The Morgan fingerprint density at radius 2 is 1.45 bits per heavy atom. The maximum Gasteiger partial charge on any atom is 0.270 e. The Morgan fingerprint density at radius 1 is 0.793 bits per heavy atom. The van der Waals surface area contributed by atoms with Crippen LogP contribution in [0, 0.1) is 10.1 Å². The van der Waals surface area contributed by atoms with E-state index in [1.54, 1.807) is 6.07 Å². The summed E-state index contributed by atoms with van der Waals surface area (Å²) in [7, 11) is -7.98. The average molecular weight is 434 g/mol. The third-order valence-electron chi connectivity index (χ3n) is 3.67. The molecule has 0 bridgehead atoms. The summed E-state index contributed by atoms with van der Waals surface area (Å²) in [4.78, 5) is 13.6. The lowest BCUT2D eigenvalue weighted by atomic mass is 10.3. The second-order valence-corrected chi connectivity index (χ2v) is 9.10. The number of sulfonamides is 2. The van der Waals surface area contributed by atoms with Gasteiger partial charge >= 0.3 is 0 Å². The van der Waals surface area contributed by atoms with Crippen LogP contribution in [0.5, 0.6) is 0 Å².